The smallest absolute Gasteiger partial charge is 0.416 e. The fourth-order valence-electron chi connectivity index (χ4n) is 2.54. The highest BCUT2D eigenvalue weighted by molar-refractivity contribution is 5.84. The van der Waals surface area contributed by atoms with Crippen LogP contribution in [0.25, 0.3) is 10.8 Å². The normalized spacial score (nSPS) is 12.4. The number of hydrogen-bond donors (Lipinski definition) is 1. The van der Waals surface area contributed by atoms with Gasteiger partial charge in [0, 0.05) is 5.54 Å². The Morgan fingerprint density at radius 3 is 1.84 bits per heavy atom. The van der Waals surface area contributed by atoms with Crippen molar-refractivity contribution in [1.82, 2.24) is 0 Å². The average Bonchev–Trinajstić information content (AvgIpc) is 2.53. The Hall–Kier alpha value is -2.53. The van der Waals surface area contributed by atoms with E-state index in [0.717, 1.165) is 28.5 Å². The summed E-state index contributed by atoms with van der Waals surface area (Å²) in [6.45, 7) is 3.88. The molecule has 0 spiro atoms. The van der Waals surface area contributed by atoms with Gasteiger partial charge in [-0.25, -0.2) is 0 Å². The lowest BCUT2D eigenvalue weighted by Gasteiger charge is -2.19. The van der Waals surface area contributed by atoms with Crippen LogP contribution in [0.3, 0.4) is 0 Å². The van der Waals surface area contributed by atoms with Crippen LogP contribution in [0.1, 0.15) is 25.0 Å². The number of rotatable bonds is 3. The fourth-order valence-corrected chi connectivity index (χ4v) is 2.54. The van der Waals surface area contributed by atoms with Crippen LogP contribution in [-0.2, 0) is 11.7 Å². The van der Waals surface area contributed by atoms with E-state index in [1.807, 2.05) is 44.2 Å². The zero-order chi connectivity index (χ0) is 18.2. The van der Waals surface area contributed by atoms with Gasteiger partial charge in [-0.2, -0.15) is 13.2 Å². The quantitative estimate of drug-likeness (QED) is 0.647. The van der Waals surface area contributed by atoms with Crippen molar-refractivity contribution in [3.8, 4) is 11.5 Å². The van der Waals surface area contributed by atoms with Crippen LogP contribution in [0, 0.1) is 0 Å². The van der Waals surface area contributed by atoms with Crippen LogP contribution in [0.2, 0.25) is 0 Å². The summed E-state index contributed by atoms with van der Waals surface area (Å²) in [7, 11) is 0. The SMILES string of the molecule is CC(C)(N)c1ccc2cc(Oc3ccc(C(F)(F)F)cc3)ccc2c1. The average molecular weight is 345 g/mol. The molecule has 0 saturated heterocycles. The van der Waals surface area contributed by atoms with E-state index in [9.17, 15) is 13.2 Å². The lowest BCUT2D eigenvalue weighted by molar-refractivity contribution is -0.137. The lowest BCUT2D eigenvalue weighted by atomic mass is 9.93. The summed E-state index contributed by atoms with van der Waals surface area (Å²) in [5.74, 6) is 0.916. The standard InChI is InChI=1S/C20H18F3NO/c1-19(2,24)16-5-3-14-12-18(8-4-13(14)11-16)25-17-9-6-15(7-10-17)20(21,22)23/h3-12H,24H2,1-2H3. The molecule has 0 unspecified atom stereocenters. The van der Waals surface area contributed by atoms with Gasteiger partial charge in [-0.15, -0.1) is 0 Å². The van der Waals surface area contributed by atoms with E-state index < -0.39 is 17.3 Å². The number of fused-ring (bicyclic) bond motifs is 1. The first kappa shape index (κ1) is 17.3. The highest BCUT2D eigenvalue weighted by Gasteiger charge is 2.30. The van der Waals surface area contributed by atoms with E-state index in [1.54, 1.807) is 6.07 Å². The Balaban J connectivity index is 1.85. The molecule has 0 aliphatic heterocycles. The Kier molecular flexibility index (Phi) is 4.21. The van der Waals surface area contributed by atoms with E-state index in [0.29, 0.717) is 11.5 Å². The fraction of sp³-hybridized carbons (Fsp3) is 0.200. The van der Waals surface area contributed by atoms with Crippen molar-refractivity contribution >= 4 is 10.8 Å². The van der Waals surface area contributed by atoms with Crippen molar-refractivity contribution < 1.29 is 17.9 Å². The van der Waals surface area contributed by atoms with Gasteiger partial charge in [0.05, 0.1) is 5.56 Å². The number of ether oxygens (including phenoxy) is 1. The van der Waals surface area contributed by atoms with Crippen molar-refractivity contribution in [1.29, 1.82) is 0 Å². The molecule has 2 nitrogen and oxygen atoms in total. The molecule has 5 heteroatoms. The highest BCUT2D eigenvalue weighted by atomic mass is 19.4. The molecule has 0 amide bonds. The molecule has 0 atom stereocenters. The Labute approximate surface area is 144 Å². The third-order valence-electron chi connectivity index (χ3n) is 3.97. The van der Waals surface area contributed by atoms with Crippen LogP contribution in [0.15, 0.2) is 60.7 Å². The number of nitrogens with two attached hydrogens (primary N) is 1. The molecule has 130 valence electrons. The minimum absolute atomic E-state index is 0.354. The van der Waals surface area contributed by atoms with Crippen molar-refractivity contribution in [3.63, 3.8) is 0 Å². The number of benzene rings is 3. The molecule has 0 aliphatic rings. The van der Waals surface area contributed by atoms with Crippen molar-refractivity contribution in [2.24, 2.45) is 5.73 Å². The molecule has 25 heavy (non-hydrogen) atoms. The summed E-state index contributed by atoms with van der Waals surface area (Å²) < 4.78 is 43.4. The van der Waals surface area contributed by atoms with E-state index in [-0.39, 0.29) is 0 Å². The second kappa shape index (κ2) is 6.08. The van der Waals surface area contributed by atoms with Crippen molar-refractivity contribution in [3.05, 3.63) is 71.8 Å². The van der Waals surface area contributed by atoms with Crippen molar-refractivity contribution in [2.75, 3.05) is 0 Å². The van der Waals surface area contributed by atoms with Crippen LogP contribution < -0.4 is 10.5 Å². The molecule has 0 aromatic heterocycles. The summed E-state index contributed by atoms with van der Waals surface area (Å²) in [5, 5.41) is 1.99. The van der Waals surface area contributed by atoms with Crippen LogP contribution in [0.4, 0.5) is 13.2 Å². The molecule has 0 saturated carbocycles. The summed E-state index contributed by atoms with van der Waals surface area (Å²) in [4.78, 5) is 0. The summed E-state index contributed by atoms with van der Waals surface area (Å²) >= 11 is 0. The van der Waals surface area contributed by atoms with Gasteiger partial charge in [0.2, 0.25) is 0 Å². The Bertz CT molecular complexity index is 893. The molecule has 3 aromatic carbocycles. The monoisotopic (exact) mass is 345 g/mol. The molecular weight excluding hydrogens is 327 g/mol. The Morgan fingerprint density at radius 1 is 0.720 bits per heavy atom. The van der Waals surface area contributed by atoms with Gasteiger partial charge in [-0.05, 0) is 72.6 Å². The zero-order valence-corrected chi connectivity index (χ0v) is 13.9. The molecule has 0 heterocycles. The second-order valence-corrected chi connectivity index (χ2v) is 6.57. The molecule has 3 aromatic rings. The van der Waals surface area contributed by atoms with E-state index >= 15 is 0 Å². The number of halogens is 3. The van der Waals surface area contributed by atoms with Gasteiger partial charge < -0.3 is 10.5 Å². The number of hydrogen-bond acceptors (Lipinski definition) is 2. The maximum atomic E-state index is 12.6. The largest absolute Gasteiger partial charge is 0.457 e. The van der Waals surface area contributed by atoms with Gasteiger partial charge in [0.1, 0.15) is 11.5 Å². The molecule has 0 radical (unpaired) electrons. The summed E-state index contributed by atoms with van der Waals surface area (Å²) in [5.41, 5.74) is 6.02. The lowest BCUT2D eigenvalue weighted by Crippen LogP contribution is -2.28. The van der Waals surface area contributed by atoms with Gasteiger partial charge in [-0.1, -0.05) is 18.2 Å². The minimum Gasteiger partial charge on any atom is -0.457 e. The first-order chi connectivity index (χ1) is 11.6. The van der Waals surface area contributed by atoms with Crippen LogP contribution in [-0.4, -0.2) is 0 Å². The molecular formula is C20H18F3NO. The van der Waals surface area contributed by atoms with Gasteiger partial charge in [-0.3, -0.25) is 0 Å². The first-order valence-electron chi connectivity index (χ1n) is 7.81. The molecule has 3 rings (SSSR count). The minimum atomic E-state index is -4.35. The third-order valence-corrected chi connectivity index (χ3v) is 3.97. The highest BCUT2D eigenvalue weighted by Crippen LogP contribution is 2.32. The predicted molar refractivity (Wildman–Crippen MR) is 92.7 cm³/mol. The first-order valence-corrected chi connectivity index (χ1v) is 7.81. The van der Waals surface area contributed by atoms with E-state index in [2.05, 4.69) is 0 Å². The maximum absolute atomic E-state index is 12.6. The number of alkyl halides is 3. The predicted octanol–water partition coefficient (Wildman–Crippen LogP) is 5.84. The Morgan fingerprint density at radius 2 is 1.24 bits per heavy atom. The maximum Gasteiger partial charge on any atom is 0.416 e. The summed E-state index contributed by atoms with van der Waals surface area (Å²) in [6.07, 6.45) is -4.35. The molecule has 2 N–H and O–H groups in total. The topological polar surface area (TPSA) is 35.2 Å². The second-order valence-electron chi connectivity index (χ2n) is 6.57. The zero-order valence-electron chi connectivity index (χ0n) is 13.9. The third kappa shape index (κ3) is 3.94. The van der Waals surface area contributed by atoms with E-state index in [4.69, 9.17) is 10.5 Å². The van der Waals surface area contributed by atoms with Gasteiger partial charge in [0.25, 0.3) is 0 Å². The van der Waals surface area contributed by atoms with E-state index in [1.165, 1.54) is 12.1 Å². The van der Waals surface area contributed by atoms with Gasteiger partial charge in [0.15, 0.2) is 0 Å². The molecule has 0 bridgehead atoms. The van der Waals surface area contributed by atoms with Crippen LogP contribution in [0.5, 0.6) is 11.5 Å². The van der Waals surface area contributed by atoms with Crippen molar-refractivity contribution in [2.45, 2.75) is 25.6 Å². The summed E-state index contributed by atoms with van der Waals surface area (Å²) in [6, 6.07) is 16.1. The van der Waals surface area contributed by atoms with Crippen LogP contribution >= 0.6 is 0 Å². The molecule has 0 aliphatic carbocycles. The van der Waals surface area contributed by atoms with Gasteiger partial charge >= 0.3 is 6.18 Å². The molecule has 0 fully saturated rings.